The molecule has 0 aliphatic rings. The Morgan fingerprint density at radius 2 is 1.89 bits per heavy atom. The second-order valence-electron chi connectivity index (χ2n) is 4.41. The van der Waals surface area contributed by atoms with E-state index in [0.29, 0.717) is 12.3 Å². The van der Waals surface area contributed by atoms with Crippen molar-refractivity contribution in [2.75, 3.05) is 0 Å². The first-order valence-corrected chi connectivity index (χ1v) is 5.84. The lowest BCUT2D eigenvalue weighted by molar-refractivity contribution is -0.122. The average Bonchev–Trinajstić information content (AvgIpc) is 2.34. The molecule has 0 fully saturated rings. The lowest BCUT2D eigenvalue weighted by atomic mass is 10.1. The van der Waals surface area contributed by atoms with Gasteiger partial charge in [-0.05, 0) is 24.5 Å². The highest BCUT2D eigenvalue weighted by Gasteiger charge is 2.11. The summed E-state index contributed by atoms with van der Waals surface area (Å²) < 4.78 is 13.2. The summed E-state index contributed by atoms with van der Waals surface area (Å²) in [7, 11) is 0. The van der Waals surface area contributed by atoms with E-state index in [1.807, 2.05) is 13.8 Å². The molecular weight excluding hydrogens is 235 g/mol. The third-order valence-electron chi connectivity index (χ3n) is 2.38. The number of rotatable bonds is 4. The lowest BCUT2D eigenvalue weighted by Crippen LogP contribution is -2.41. The van der Waals surface area contributed by atoms with Crippen LogP contribution in [0.4, 0.5) is 4.39 Å². The van der Waals surface area contributed by atoms with Crippen molar-refractivity contribution in [3.05, 3.63) is 35.6 Å². The summed E-state index contributed by atoms with van der Waals surface area (Å²) >= 11 is 0. The van der Waals surface area contributed by atoms with Crippen molar-refractivity contribution in [3.8, 4) is 0 Å². The number of hydrogen-bond acceptors (Lipinski definition) is 2. The molecule has 2 amide bonds. The number of carbonyl (C=O) groups excluding carboxylic acids is 2. The van der Waals surface area contributed by atoms with Gasteiger partial charge in [0.05, 0.1) is 5.56 Å². The van der Waals surface area contributed by atoms with Gasteiger partial charge < -0.3 is 0 Å². The van der Waals surface area contributed by atoms with Gasteiger partial charge in [0, 0.05) is 6.42 Å². The van der Waals surface area contributed by atoms with Gasteiger partial charge in [0.2, 0.25) is 5.91 Å². The molecule has 0 unspecified atom stereocenters. The van der Waals surface area contributed by atoms with Gasteiger partial charge in [-0.3, -0.25) is 20.4 Å². The van der Waals surface area contributed by atoms with Crippen molar-refractivity contribution < 1.29 is 14.0 Å². The van der Waals surface area contributed by atoms with Crippen LogP contribution in [0.3, 0.4) is 0 Å². The van der Waals surface area contributed by atoms with Crippen molar-refractivity contribution in [2.45, 2.75) is 26.7 Å². The van der Waals surface area contributed by atoms with Gasteiger partial charge in [-0.1, -0.05) is 26.0 Å². The quantitative estimate of drug-likeness (QED) is 0.805. The van der Waals surface area contributed by atoms with Gasteiger partial charge in [0.1, 0.15) is 5.82 Å². The zero-order chi connectivity index (χ0) is 13.5. The van der Waals surface area contributed by atoms with E-state index < -0.39 is 11.7 Å². The minimum atomic E-state index is -0.661. The highest BCUT2D eigenvalue weighted by molar-refractivity contribution is 5.95. The van der Waals surface area contributed by atoms with Crippen LogP contribution in [-0.2, 0) is 4.79 Å². The maximum Gasteiger partial charge on any atom is 0.272 e. The van der Waals surface area contributed by atoms with Crippen LogP contribution >= 0.6 is 0 Å². The van der Waals surface area contributed by atoms with Gasteiger partial charge in [-0.15, -0.1) is 0 Å². The molecule has 0 aliphatic carbocycles. The molecule has 2 N–H and O–H groups in total. The topological polar surface area (TPSA) is 58.2 Å². The molecule has 0 bridgehead atoms. The SMILES string of the molecule is CC(C)CCC(=O)NNC(=O)c1ccccc1F. The maximum absolute atomic E-state index is 13.2. The minimum Gasteiger partial charge on any atom is -0.273 e. The third-order valence-corrected chi connectivity index (χ3v) is 2.38. The zero-order valence-corrected chi connectivity index (χ0v) is 10.5. The molecule has 0 aliphatic heterocycles. The van der Waals surface area contributed by atoms with Crippen LogP contribution in [0.2, 0.25) is 0 Å². The molecule has 1 aromatic rings. The summed E-state index contributed by atoms with van der Waals surface area (Å²) in [5.41, 5.74) is 4.35. The molecular formula is C13H17FN2O2. The number of amides is 2. The average molecular weight is 252 g/mol. The lowest BCUT2D eigenvalue weighted by Gasteiger charge is -2.08. The first-order valence-electron chi connectivity index (χ1n) is 5.84. The van der Waals surface area contributed by atoms with Crippen LogP contribution in [0.25, 0.3) is 0 Å². The Hall–Kier alpha value is -1.91. The molecule has 0 heterocycles. The molecule has 0 spiro atoms. The Morgan fingerprint density at radius 3 is 2.50 bits per heavy atom. The van der Waals surface area contributed by atoms with E-state index in [1.165, 1.54) is 18.2 Å². The zero-order valence-electron chi connectivity index (χ0n) is 10.5. The summed E-state index contributed by atoms with van der Waals surface area (Å²) in [4.78, 5) is 22.9. The monoisotopic (exact) mass is 252 g/mol. The molecule has 0 radical (unpaired) electrons. The fourth-order valence-electron chi connectivity index (χ4n) is 1.32. The normalized spacial score (nSPS) is 10.2. The van der Waals surface area contributed by atoms with Gasteiger partial charge in [-0.2, -0.15) is 0 Å². The summed E-state index contributed by atoms with van der Waals surface area (Å²) in [6, 6.07) is 5.59. The smallest absolute Gasteiger partial charge is 0.272 e. The number of nitrogens with one attached hydrogen (secondary N) is 2. The van der Waals surface area contributed by atoms with E-state index >= 15 is 0 Å². The maximum atomic E-state index is 13.2. The number of carbonyl (C=O) groups is 2. The van der Waals surface area contributed by atoms with Crippen LogP contribution in [0.1, 0.15) is 37.0 Å². The van der Waals surface area contributed by atoms with Gasteiger partial charge >= 0.3 is 0 Å². The molecule has 0 saturated heterocycles. The predicted molar refractivity (Wildman–Crippen MR) is 66.1 cm³/mol. The van der Waals surface area contributed by atoms with Crippen molar-refractivity contribution in [1.82, 2.24) is 10.9 Å². The fourth-order valence-corrected chi connectivity index (χ4v) is 1.32. The van der Waals surface area contributed by atoms with Crippen LogP contribution in [-0.4, -0.2) is 11.8 Å². The van der Waals surface area contributed by atoms with E-state index in [1.54, 1.807) is 6.07 Å². The minimum absolute atomic E-state index is 0.0957. The summed E-state index contributed by atoms with van der Waals surface area (Å²) in [6.07, 6.45) is 1.07. The molecule has 18 heavy (non-hydrogen) atoms. The highest BCUT2D eigenvalue weighted by Crippen LogP contribution is 2.05. The molecule has 0 aromatic heterocycles. The molecule has 5 heteroatoms. The van der Waals surface area contributed by atoms with Crippen molar-refractivity contribution in [2.24, 2.45) is 5.92 Å². The van der Waals surface area contributed by atoms with Crippen LogP contribution < -0.4 is 10.9 Å². The van der Waals surface area contributed by atoms with Crippen LogP contribution in [0.15, 0.2) is 24.3 Å². The molecule has 1 aromatic carbocycles. The van der Waals surface area contributed by atoms with Crippen molar-refractivity contribution >= 4 is 11.8 Å². The number of hydrogen-bond donors (Lipinski definition) is 2. The Kier molecular flexibility index (Phi) is 5.30. The van der Waals surface area contributed by atoms with E-state index in [0.717, 1.165) is 6.42 Å². The van der Waals surface area contributed by atoms with Gasteiger partial charge in [-0.25, -0.2) is 4.39 Å². The Morgan fingerprint density at radius 1 is 1.22 bits per heavy atom. The molecule has 0 saturated carbocycles. The Labute approximate surface area is 106 Å². The molecule has 0 atom stereocenters. The van der Waals surface area contributed by atoms with E-state index in [-0.39, 0.29) is 11.5 Å². The van der Waals surface area contributed by atoms with Crippen LogP contribution in [0.5, 0.6) is 0 Å². The number of benzene rings is 1. The summed E-state index contributed by atoms with van der Waals surface area (Å²) in [6.45, 7) is 4.01. The van der Waals surface area contributed by atoms with E-state index in [2.05, 4.69) is 10.9 Å². The van der Waals surface area contributed by atoms with E-state index in [4.69, 9.17) is 0 Å². The third kappa shape index (κ3) is 4.53. The summed E-state index contributed by atoms with van der Waals surface area (Å²) in [5, 5.41) is 0. The van der Waals surface area contributed by atoms with Crippen molar-refractivity contribution in [1.29, 1.82) is 0 Å². The second kappa shape index (κ2) is 6.74. The Bertz CT molecular complexity index is 433. The number of hydrazine groups is 1. The van der Waals surface area contributed by atoms with Crippen LogP contribution in [0, 0.1) is 11.7 Å². The Balaban J connectivity index is 2.42. The largest absolute Gasteiger partial charge is 0.273 e. The first-order chi connectivity index (χ1) is 8.50. The molecule has 4 nitrogen and oxygen atoms in total. The highest BCUT2D eigenvalue weighted by atomic mass is 19.1. The standard InChI is InChI=1S/C13H17FN2O2/c1-9(2)7-8-12(17)15-16-13(18)10-5-3-4-6-11(10)14/h3-6,9H,7-8H2,1-2H3,(H,15,17)(H,16,18). The fraction of sp³-hybridized carbons (Fsp3) is 0.385. The van der Waals surface area contributed by atoms with Gasteiger partial charge in [0.15, 0.2) is 0 Å². The first kappa shape index (κ1) is 14.2. The van der Waals surface area contributed by atoms with E-state index in [9.17, 15) is 14.0 Å². The summed E-state index contributed by atoms with van der Waals surface area (Å²) in [5.74, 6) is -1.15. The molecule has 98 valence electrons. The molecule has 1 rings (SSSR count). The number of halogens is 1. The predicted octanol–water partition coefficient (Wildman–Crippen LogP) is 2.02. The van der Waals surface area contributed by atoms with Crippen molar-refractivity contribution in [3.63, 3.8) is 0 Å². The second-order valence-corrected chi connectivity index (χ2v) is 4.41. The van der Waals surface area contributed by atoms with Gasteiger partial charge in [0.25, 0.3) is 5.91 Å².